The van der Waals surface area contributed by atoms with Crippen LogP contribution in [0.1, 0.15) is 16.7 Å². The van der Waals surface area contributed by atoms with Crippen LogP contribution in [0, 0.1) is 0 Å². The molecule has 2 saturated heterocycles. The highest BCUT2D eigenvalue weighted by Gasteiger charge is 2.61. The predicted molar refractivity (Wildman–Crippen MR) is 144 cm³/mol. The molecule has 2 fully saturated rings. The van der Waals surface area contributed by atoms with Crippen molar-refractivity contribution in [2.24, 2.45) is 0 Å². The fraction of sp³-hybridized carbons (Fsp3) is 0.345. The van der Waals surface area contributed by atoms with E-state index in [4.69, 9.17) is 18.9 Å². The van der Waals surface area contributed by atoms with Crippen molar-refractivity contribution in [3.63, 3.8) is 0 Å². The lowest BCUT2D eigenvalue weighted by molar-refractivity contribution is -0.200. The van der Waals surface area contributed by atoms with Crippen LogP contribution >= 0.6 is 23.5 Å². The molecule has 0 N–H and O–H groups in total. The summed E-state index contributed by atoms with van der Waals surface area (Å²) in [6, 6.07) is 30.0. The molecule has 3 atom stereocenters. The van der Waals surface area contributed by atoms with Gasteiger partial charge >= 0.3 is 5.97 Å². The molecule has 0 radical (unpaired) electrons. The Morgan fingerprint density at radius 1 is 0.722 bits per heavy atom. The first-order chi connectivity index (χ1) is 17.7. The second-order valence-corrected chi connectivity index (χ2v) is 11.8. The molecular formula is C29H30O5S2. The molecule has 0 amide bonds. The Bertz CT molecular complexity index is 1090. The van der Waals surface area contributed by atoms with Crippen molar-refractivity contribution in [1.82, 2.24) is 0 Å². The van der Waals surface area contributed by atoms with Crippen LogP contribution in [0.3, 0.4) is 0 Å². The van der Waals surface area contributed by atoms with E-state index in [-0.39, 0.29) is 18.7 Å². The monoisotopic (exact) mass is 522 g/mol. The highest BCUT2D eigenvalue weighted by Crippen LogP contribution is 2.54. The zero-order valence-corrected chi connectivity index (χ0v) is 21.6. The zero-order valence-electron chi connectivity index (χ0n) is 20.0. The number of hydrogen-bond acceptors (Lipinski definition) is 7. The van der Waals surface area contributed by atoms with Gasteiger partial charge in [0.25, 0.3) is 0 Å². The van der Waals surface area contributed by atoms with Crippen LogP contribution in [-0.2, 0) is 43.6 Å². The molecule has 2 heterocycles. The average molecular weight is 523 g/mol. The van der Waals surface area contributed by atoms with Gasteiger partial charge in [-0.15, -0.1) is 23.5 Å². The van der Waals surface area contributed by atoms with Crippen molar-refractivity contribution < 1.29 is 23.7 Å². The minimum atomic E-state index is -0.735. The first-order valence-corrected chi connectivity index (χ1v) is 14.1. The number of rotatable bonds is 10. The third kappa shape index (κ3) is 5.98. The number of benzene rings is 3. The summed E-state index contributed by atoms with van der Waals surface area (Å²) in [6.07, 6.45) is -1.65. The van der Waals surface area contributed by atoms with Crippen LogP contribution in [0.2, 0.25) is 0 Å². The summed E-state index contributed by atoms with van der Waals surface area (Å²) in [7, 11) is 0. The summed E-state index contributed by atoms with van der Waals surface area (Å²) in [5, 5.41) is 0. The van der Waals surface area contributed by atoms with Crippen molar-refractivity contribution in [1.29, 1.82) is 0 Å². The second-order valence-electron chi connectivity index (χ2n) is 8.79. The van der Waals surface area contributed by atoms with E-state index in [0.29, 0.717) is 19.8 Å². The van der Waals surface area contributed by atoms with Gasteiger partial charge in [0.05, 0.1) is 26.4 Å². The Hall–Kier alpha value is -2.29. The molecule has 36 heavy (non-hydrogen) atoms. The summed E-state index contributed by atoms with van der Waals surface area (Å²) >= 11 is 3.49. The lowest BCUT2D eigenvalue weighted by Crippen LogP contribution is -2.63. The van der Waals surface area contributed by atoms with Gasteiger partial charge in [0, 0.05) is 11.5 Å². The SMILES string of the molecule is O=C1OC(COCc2ccccc2)C(OCc2ccccc2)C2(SCCS2)C1OCc1ccccc1. The minimum absolute atomic E-state index is 0.258. The largest absolute Gasteiger partial charge is 0.455 e. The molecule has 0 bridgehead atoms. The molecule has 0 aliphatic carbocycles. The van der Waals surface area contributed by atoms with E-state index in [1.165, 1.54) is 0 Å². The fourth-order valence-electron chi connectivity index (χ4n) is 4.52. The lowest BCUT2D eigenvalue weighted by Gasteiger charge is -2.47. The fourth-order valence-corrected chi connectivity index (χ4v) is 8.05. The van der Waals surface area contributed by atoms with Gasteiger partial charge in [0.1, 0.15) is 10.2 Å². The van der Waals surface area contributed by atoms with Gasteiger partial charge < -0.3 is 18.9 Å². The maximum Gasteiger partial charge on any atom is 0.338 e. The normalized spacial score (nSPS) is 23.0. The van der Waals surface area contributed by atoms with Crippen molar-refractivity contribution in [2.45, 2.75) is 42.2 Å². The van der Waals surface area contributed by atoms with Gasteiger partial charge in [-0.1, -0.05) is 91.0 Å². The quantitative estimate of drug-likeness (QED) is 0.327. The van der Waals surface area contributed by atoms with Crippen LogP contribution in [0.5, 0.6) is 0 Å². The molecule has 3 aromatic rings. The summed E-state index contributed by atoms with van der Waals surface area (Å²) in [5.74, 6) is 1.50. The highest BCUT2D eigenvalue weighted by molar-refractivity contribution is 8.21. The molecular weight excluding hydrogens is 492 g/mol. The van der Waals surface area contributed by atoms with E-state index in [0.717, 1.165) is 28.2 Å². The molecule has 2 aliphatic rings. The summed E-state index contributed by atoms with van der Waals surface area (Å²) in [4.78, 5) is 13.4. The second kappa shape index (κ2) is 12.3. The van der Waals surface area contributed by atoms with Gasteiger partial charge in [-0.2, -0.15) is 0 Å². The Morgan fingerprint density at radius 3 is 1.78 bits per heavy atom. The number of ether oxygens (including phenoxy) is 4. The van der Waals surface area contributed by atoms with Crippen molar-refractivity contribution in [2.75, 3.05) is 18.1 Å². The standard InChI is InChI=1S/C29H30O5S2/c30-28-27(33-20-24-14-8-3-9-15-24)29(35-16-17-36-29)26(32-19-23-12-6-2-7-13-23)25(34-28)21-31-18-22-10-4-1-5-11-22/h1-15,25-27H,16-21H2. The van der Waals surface area contributed by atoms with Gasteiger partial charge in [-0.05, 0) is 16.7 Å². The van der Waals surface area contributed by atoms with Crippen molar-refractivity contribution in [3.05, 3.63) is 108 Å². The predicted octanol–water partition coefficient (Wildman–Crippen LogP) is 5.48. The van der Waals surface area contributed by atoms with E-state index in [9.17, 15) is 4.79 Å². The van der Waals surface area contributed by atoms with Crippen LogP contribution in [-0.4, -0.2) is 46.5 Å². The third-order valence-electron chi connectivity index (χ3n) is 6.25. The first kappa shape index (κ1) is 25.4. The topological polar surface area (TPSA) is 54.0 Å². The lowest BCUT2D eigenvalue weighted by atomic mass is 10.0. The van der Waals surface area contributed by atoms with Crippen LogP contribution in [0.25, 0.3) is 0 Å². The summed E-state index contributed by atoms with van der Waals surface area (Å²) in [6.45, 7) is 1.46. The molecule has 7 heteroatoms. The number of hydrogen-bond donors (Lipinski definition) is 0. The zero-order chi connectivity index (χ0) is 24.6. The number of cyclic esters (lactones) is 1. The third-order valence-corrected chi connectivity index (χ3v) is 9.82. The molecule has 1 spiro atoms. The van der Waals surface area contributed by atoms with Gasteiger partial charge in [0.2, 0.25) is 0 Å². The highest BCUT2D eigenvalue weighted by atomic mass is 32.2. The van der Waals surface area contributed by atoms with E-state index in [2.05, 4.69) is 0 Å². The van der Waals surface area contributed by atoms with Crippen LogP contribution in [0.4, 0.5) is 0 Å². The van der Waals surface area contributed by atoms with Crippen LogP contribution in [0.15, 0.2) is 91.0 Å². The molecule has 0 saturated carbocycles. The molecule has 5 rings (SSSR count). The molecule has 188 valence electrons. The number of thioether (sulfide) groups is 2. The molecule has 0 aromatic heterocycles. The Balaban J connectivity index is 1.36. The van der Waals surface area contributed by atoms with Crippen LogP contribution < -0.4 is 0 Å². The molecule has 5 nitrogen and oxygen atoms in total. The van der Waals surface area contributed by atoms with E-state index >= 15 is 0 Å². The molecule has 3 aromatic carbocycles. The first-order valence-electron chi connectivity index (χ1n) is 12.2. The van der Waals surface area contributed by atoms with Crippen molar-refractivity contribution >= 4 is 29.5 Å². The Kier molecular flexibility index (Phi) is 8.67. The van der Waals surface area contributed by atoms with Crippen molar-refractivity contribution in [3.8, 4) is 0 Å². The van der Waals surface area contributed by atoms with E-state index < -0.39 is 16.3 Å². The van der Waals surface area contributed by atoms with Gasteiger partial charge in [0.15, 0.2) is 12.2 Å². The van der Waals surface area contributed by atoms with Gasteiger partial charge in [-0.3, -0.25) is 0 Å². The Labute approximate surface area is 220 Å². The number of carbonyl (C=O) groups excluding carboxylic acids is 1. The number of esters is 1. The Morgan fingerprint density at radius 2 is 1.22 bits per heavy atom. The average Bonchev–Trinajstić information content (AvgIpc) is 3.40. The minimum Gasteiger partial charge on any atom is -0.455 e. The smallest absolute Gasteiger partial charge is 0.338 e. The summed E-state index contributed by atoms with van der Waals surface area (Å²) < 4.78 is 24.3. The van der Waals surface area contributed by atoms with E-state index in [1.807, 2.05) is 91.0 Å². The summed E-state index contributed by atoms with van der Waals surface area (Å²) in [5.41, 5.74) is 3.16. The van der Waals surface area contributed by atoms with Gasteiger partial charge in [-0.25, -0.2) is 4.79 Å². The maximum atomic E-state index is 13.4. The molecule has 3 unspecified atom stereocenters. The van der Waals surface area contributed by atoms with E-state index in [1.54, 1.807) is 23.5 Å². The maximum absolute atomic E-state index is 13.4. The number of carbonyl (C=O) groups is 1. The molecule has 2 aliphatic heterocycles.